The predicted molar refractivity (Wildman–Crippen MR) is 47.8 cm³/mol. The Morgan fingerprint density at radius 2 is 1.78 bits per heavy atom. The number of hydrogen-bond donors (Lipinski definition) is 0. The second kappa shape index (κ2) is 3.56. The summed E-state index contributed by atoms with van der Waals surface area (Å²) in [5.74, 6) is 0.843. The van der Waals surface area contributed by atoms with Gasteiger partial charge in [-0.15, -0.1) is 9.24 Å². The van der Waals surface area contributed by atoms with Gasteiger partial charge < -0.3 is 0 Å². The first-order chi connectivity index (χ1) is 3.98. The minimum atomic E-state index is 0.497. The first-order valence-corrected chi connectivity index (χ1v) is 4.50. The monoisotopic (exact) mass is 146 g/mol. The van der Waals surface area contributed by atoms with E-state index in [4.69, 9.17) is 0 Å². The molecule has 0 heterocycles. The Kier molecular flexibility index (Phi) is 3.73. The molecule has 1 heteroatoms. The standard InChI is InChI=1S/C8H19P/c1-7(5-6-9)8(2,3)4/h7H,5-6,9H2,1-4H3. The molecule has 0 aromatic rings. The summed E-state index contributed by atoms with van der Waals surface area (Å²) in [6.45, 7) is 9.23. The molecule has 0 fully saturated rings. The summed E-state index contributed by atoms with van der Waals surface area (Å²) in [7, 11) is 2.78. The van der Waals surface area contributed by atoms with E-state index < -0.39 is 0 Å². The molecular formula is C8H19P. The van der Waals surface area contributed by atoms with Crippen LogP contribution in [0.3, 0.4) is 0 Å². The Morgan fingerprint density at radius 1 is 1.33 bits per heavy atom. The van der Waals surface area contributed by atoms with Crippen molar-refractivity contribution in [1.82, 2.24) is 0 Å². The van der Waals surface area contributed by atoms with Crippen molar-refractivity contribution in [1.29, 1.82) is 0 Å². The predicted octanol–water partition coefficient (Wildman–Crippen LogP) is 2.93. The quantitative estimate of drug-likeness (QED) is 0.525. The molecule has 0 rings (SSSR count). The molecule has 0 aliphatic rings. The van der Waals surface area contributed by atoms with Gasteiger partial charge in [0.2, 0.25) is 0 Å². The molecule has 0 aliphatic heterocycles. The van der Waals surface area contributed by atoms with Crippen molar-refractivity contribution in [2.45, 2.75) is 34.1 Å². The van der Waals surface area contributed by atoms with E-state index in [1.54, 1.807) is 0 Å². The van der Waals surface area contributed by atoms with Crippen LogP contribution in [0.2, 0.25) is 0 Å². The highest BCUT2D eigenvalue weighted by molar-refractivity contribution is 7.16. The Balaban J connectivity index is 3.59. The first kappa shape index (κ1) is 9.43. The van der Waals surface area contributed by atoms with Gasteiger partial charge in [-0.25, -0.2) is 0 Å². The highest BCUT2D eigenvalue weighted by atomic mass is 31.0. The van der Waals surface area contributed by atoms with Gasteiger partial charge in [-0.2, -0.15) is 0 Å². The van der Waals surface area contributed by atoms with Crippen LogP contribution in [0.4, 0.5) is 0 Å². The van der Waals surface area contributed by atoms with Crippen molar-refractivity contribution >= 4 is 9.24 Å². The SMILES string of the molecule is CC(CCP)C(C)(C)C. The van der Waals surface area contributed by atoms with E-state index in [1.165, 1.54) is 12.6 Å². The average molecular weight is 146 g/mol. The molecule has 0 spiro atoms. The first-order valence-electron chi connectivity index (χ1n) is 3.68. The maximum Gasteiger partial charge on any atom is -0.0357 e. The summed E-state index contributed by atoms with van der Waals surface area (Å²) in [5, 5.41) is 0. The summed E-state index contributed by atoms with van der Waals surface area (Å²) in [6.07, 6.45) is 2.56. The van der Waals surface area contributed by atoms with E-state index in [2.05, 4.69) is 36.9 Å². The molecule has 0 aromatic heterocycles. The number of hydrogen-bond acceptors (Lipinski definition) is 0. The lowest BCUT2D eigenvalue weighted by Gasteiger charge is -2.26. The lowest BCUT2D eigenvalue weighted by atomic mass is 9.81. The molecule has 0 aliphatic carbocycles. The van der Waals surface area contributed by atoms with Gasteiger partial charge in [0.1, 0.15) is 0 Å². The molecule has 2 atom stereocenters. The zero-order chi connectivity index (χ0) is 7.49. The van der Waals surface area contributed by atoms with Crippen LogP contribution >= 0.6 is 9.24 Å². The molecule has 9 heavy (non-hydrogen) atoms. The van der Waals surface area contributed by atoms with Gasteiger partial charge in [-0.05, 0) is 23.9 Å². The fourth-order valence-corrected chi connectivity index (χ4v) is 1.18. The second-order valence-electron chi connectivity index (χ2n) is 3.84. The zero-order valence-corrected chi connectivity index (χ0v) is 8.22. The Hall–Kier alpha value is 0.430. The van der Waals surface area contributed by atoms with Gasteiger partial charge in [0.15, 0.2) is 0 Å². The van der Waals surface area contributed by atoms with Crippen LogP contribution in [0, 0.1) is 11.3 Å². The van der Waals surface area contributed by atoms with Crippen LogP contribution in [0.15, 0.2) is 0 Å². The van der Waals surface area contributed by atoms with Crippen LogP contribution in [-0.4, -0.2) is 6.16 Å². The molecule has 0 aromatic carbocycles. The van der Waals surface area contributed by atoms with Gasteiger partial charge in [-0.3, -0.25) is 0 Å². The van der Waals surface area contributed by atoms with Gasteiger partial charge >= 0.3 is 0 Å². The van der Waals surface area contributed by atoms with Crippen molar-refractivity contribution in [2.75, 3.05) is 6.16 Å². The smallest absolute Gasteiger partial charge is 0.0357 e. The number of rotatable bonds is 2. The van der Waals surface area contributed by atoms with Crippen LogP contribution in [-0.2, 0) is 0 Å². The summed E-state index contributed by atoms with van der Waals surface area (Å²) < 4.78 is 0. The fraction of sp³-hybridized carbons (Fsp3) is 1.00. The fourth-order valence-electron chi connectivity index (χ4n) is 0.683. The lowest BCUT2D eigenvalue weighted by Crippen LogP contribution is -2.17. The van der Waals surface area contributed by atoms with Crippen LogP contribution in [0.25, 0.3) is 0 Å². The van der Waals surface area contributed by atoms with Crippen LogP contribution < -0.4 is 0 Å². The molecule has 0 nitrogen and oxygen atoms in total. The van der Waals surface area contributed by atoms with E-state index in [0.29, 0.717) is 5.41 Å². The largest absolute Gasteiger partial charge is 0.138 e. The van der Waals surface area contributed by atoms with Crippen molar-refractivity contribution in [2.24, 2.45) is 11.3 Å². The van der Waals surface area contributed by atoms with Crippen molar-refractivity contribution in [3.8, 4) is 0 Å². The van der Waals surface area contributed by atoms with E-state index in [0.717, 1.165) is 5.92 Å². The summed E-state index contributed by atoms with van der Waals surface area (Å²) in [5.41, 5.74) is 0.497. The van der Waals surface area contributed by atoms with Crippen molar-refractivity contribution in [3.63, 3.8) is 0 Å². The van der Waals surface area contributed by atoms with Crippen molar-refractivity contribution < 1.29 is 0 Å². The summed E-state index contributed by atoms with van der Waals surface area (Å²) in [6, 6.07) is 0. The maximum absolute atomic E-state index is 2.78. The summed E-state index contributed by atoms with van der Waals surface area (Å²) in [4.78, 5) is 0. The highest BCUT2D eigenvalue weighted by Crippen LogP contribution is 2.28. The lowest BCUT2D eigenvalue weighted by molar-refractivity contribution is 0.256. The van der Waals surface area contributed by atoms with Gasteiger partial charge in [-0.1, -0.05) is 27.7 Å². The normalized spacial score (nSPS) is 15.7. The maximum atomic E-state index is 2.78. The van der Waals surface area contributed by atoms with Crippen molar-refractivity contribution in [3.05, 3.63) is 0 Å². The molecule has 56 valence electrons. The van der Waals surface area contributed by atoms with E-state index in [9.17, 15) is 0 Å². The molecule has 0 saturated carbocycles. The van der Waals surface area contributed by atoms with E-state index in [-0.39, 0.29) is 0 Å². The Labute approximate surface area is 61.6 Å². The minimum Gasteiger partial charge on any atom is -0.138 e. The Morgan fingerprint density at radius 3 is 1.89 bits per heavy atom. The second-order valence-corrected chi connectivity index (χ2v) is 4.42. The molecule has 0 radical (unpaired) electrons. The third-order valence-electron chi connectivity index (χ3n) is 2.08. The zero-order valence-electron chi connectivity index (χ0n) is 7.07. The van der Waals surface area contributed by atoms with Crippen LogP contribution in [0.5, 0.6) is 0 Å². The highest BCUT2D eigenvalue weighted by Gasteiger charge is 2.18. The third-order valence-corrected chi connectivity index (χ3v) is 2.41. The van der Waals surface area contributed by atoms with Gasteiger partial charge in [0.25, 0.3) is 0 Å². The molecule has 0 N–H and O–H groups in total. The minimum absolute atomic E-state index is 0.497. The van der Waals surface area contributed by atoms with E-state index >= 15 is 0 Å². The van der Waals surface area contributed by atoms with Crippen LogP contribution in [0.1, 0.15) is 34.1 Å². The average Bonchev–Trinajstić information content (AvgIpc) is 1.64. The molecular weight excluding hydrogens is 127 g/mol. The summed E-state index contributed by atoms with van der Waals surface area (Å²) >= 11 is 0. The molecule has 0 bridgehead atoms. The molecule has 0 amide bonds. The van der Waals surface area contributed by atoms with Gasteiger partial charge in [0.05, 0.1) is 0 Å². The Bertz CT molecular complexity index is 71.1. The van der Waals surface area contributed by atoms with Gasteiger partial charge in [0, 0.05) is 0 Å². The third kappa shape index (κ3) is 3.92. The topological polar surface area (TPSA) is 0 Å². The molecule has 0 saturated heterocycles. The molecule has 2 unspecified atom stereocenters. The van der Waals surface area contributed by atoms with E-state index in [1.807, 2.05) is 0 Å².